The Morgan fingerprint density at radius 3 is 3.07 bits per heavy atom. The van der Waals surface area contributed by atoms with Gasteiger partial charge in [0.2, 0.25) is 0 Å². The Morgan fingerprint density at radius 1 is 1.64 bits per heavy atom. The van der Waals surface area contributed by atoms with Crippen molar-refractivity contribution in [3.8, 4) is 0 Å². The lowest BCUT2D eigenvalue weighted by Crippen LogP contribution is -2.12. The quantitative estimate of drug-likeness (QED) is 0.538. The lowest BCUT2D eigenvalue weighted by Gasteiger charge is -2.03. The van der Waals surface area contributed by atoms with Crippen molar-refractivity contribution in [3.05, 3.63) is 36.2 Å². The summed E-state index contributed by atoms with van der Waals surface area (Å²) in [4.78, 5) is 21.2. The van der Waals surface area contributed by atoms with Gasteiger partial charge in [-0.25, -0.2) is 4.79 Å². The second kappa shape index (κ2) is 5.01. The topological polar surface area (TPSA) is 48.3 Å². The van der Waals surface area contributed by atoms with E-state index in [4.69, 9.17) is 0 Å². The van der Waals surface area contributed by atoms with Gasteiger partial charge in [-0.05, 0) is 18.2 Å². The van der Waals surface area contributed by atoms with E-state index in [0.29, 0.717) is 12.7 Å². The first kappa shape index (κ1) is 10.2. The second-order valence-electron chi connectivity index (χ2n) is 2.61. The van der Waals surface area contributed by atoms with Gasteiger partial charge in [0.25, 0.3) is 0 Å². The van der Waals surface area contributed by atoms with Crippen molar-refractivity contribution in [2.75, 3.05) is 7.11 Å². The molecular formula is C10H11NO3. The normalized spacial score (nSPS) is 10.4. The fraction of sp³-hybridized carbons (Fsp3) is 0.200. The number of hydrogen-bond donors (Lipinski definition) is 0. The van der Waals surface area contributed by atoms with Crippen LogP contribution in [0, 0.1) is 0 Å². The van der Waals surface area contributed by atoms with Crippen LogP contribution in [0.3, 0.4) is 0 Å². The summed E-state index contributed by atoms with van der Waals surface area (Å²) in [5.74, 6) is 0. The Balaban J connectivity index is 2.77. The summed E-state index contributed by atoms with van der Waals surface area (Å²) in [5.41, 5.74) is 0.787. The van der Waals surface area contributed by atoms with Crippen LogP contribution in [-0.4, -0.2) is 24.1 Å². The van der Waals surface area contributed by atoms with Crippen molar-refractivity contribution < 1.29 is 14.3 Å². The third-order valence-corrected chi connectivity index (χ3v) is 1.75. The third-order valence-electron chi connectivity index (χ3n) is 1.75. The molecule has 0 spiro atoms. The molecule has 0 amide bonds. The Labute approximate surface area is 81.8 Å². The van der Waals surface area contributed by atoms with Crippen LogP contribution in [0.25, 0.3) is 0 Å². The smallest absolute Gasteiger partial charge is 0.417 e. The van der Waals surface area contributed by atoms with Crippen LogP contribution in [0.4, 0.5) is 4.79 Å². The molecule has 0 N–H and O–H groups in total. The van der Waals surface area contributed by atoms with Crippen molar-refractivity contribution in [1.29, 1.82) is 0 Å². The van der Waals surface area contributed by atoms with Crippen molar-refractivity contribution >= 4 is 12.4 Å². The summed E-state index contributed by atoms with van der Waals surface area (Å²) >= 11 is 0. The number of aromatic nitrogens is 1. The Bertz CT molecular complexity index is 352. The number of allylic oxidation sites excluding steroid dienone is 2. The van der Waals surface area contributed by atoms with Gasteiger partial charge in [-0.3, -0.25) is 9.36 Å². The zero-order valence-electron chi connectivity index (χ0n) is 7.84. The van der Waals surface area contributed by atoms with Gasteiger partial charge in [-0.15, -0.1) is 0 Å². The fourth-order valence-corrected chi connectivity index (χ4v) is 1.10. The maximum Gasteiger partial charge on any atom is 0.417 e. The molecule has 0 aromatic carbocycles. The number of aldehydes is 1. The van der Waals surface area contributed by atoms with Gasteiger partial charge in [0, 0.05) is 18.3 Å². The number of methoxy groups -OCH3 is 1. The number of carbonyl (C=O) groups is 2. The standard InChI is InChI=1S/C10H11NO3/c1-14-10(13)11-7-4-6-9(11)5-2-3-8-12/h2-4,6-8H,5H2,1H3. The Morgan fingerprint density at radius 2 is 2.43 bits per heavy atom. The third kappa shape index (κ3) is 2.32. The summed E-state index contributed by atoms with van der Waals surface area (Å²) in [6.45, 7) is 0. The van der Waals surface area contributed by atoms with Crippen LogP contribution in [0.1, 0.15) is 5.69 Å². The summed E-state index contributed by atoms with van der Waals surface area (Å²) in [6, 6.07) is 3.55. The van der Waals surface area contributed by atoms with Crippen molar-refractivity contribution in [2.24, 2.45) is 0 Å². The van der Waals surface area contributed by atoms with Crippen molar-refractivity contribution in [1.82, 2.24) is 4.57 Å². The fourth-order valence-electron chi connectivity index (χ4n) is 1.10. The van der Waals surface area contributed by atoms with E-state index in [1.165, 1.54) is 17.8 Å². The number of hydrogen-bond acceptors (Lipinski definition) is 3. The largest absolute Gasteiger partial charge is 0.452 e. The maximum absolute atomic E-state index is 11.2. The van der Waals surface area contributed by atoms with Crippen molar-refractivity contribution in [3.63, 3.8) is 0 Å². The van der Waals surface area contributed by atoms with Crippen molar-refractivity contribution in [2.45, 2.75) is 6.42 Å². The van der Waals surface area contributed by atoms with E-state index in [1.54, 1.807) is 24.4 Å². The van der Waals surface area contributed by atoms with Crippen LogP contribution in [-0.2, 0) is 16.0 Å². The molecule has 0 saturated heterocycles. The summed E-state index contributed by atoms with van der Waals surface area (Å²) in [7, 11) is 1.33. The minimum atomic E-state index is -0.426. The lowest BCUT2D eigenvalue weighted by atomic mass is 10.3. The van der Waals surface area contributed by atoms with E-state index >= 15 is 0 Å². The molecule has 1 rings (SSSR count). The molecule has 0 radical (unpaired) electrons. The molecule has 4 heteroatoms. The van der Waals surface area contributed by atoms with Crippen LogP contribution < -0.4 is 0 Å². The van der Waals surface area contributed by atoms with Crippen LogP contribution >= 0.6 is 0 Å². The summed E-state index contributed by atoms with van der Waals surface area (Å²) in [6.07, 6.45) is 5.50. The highest BCUT2D eigenvalue weighted by Crippen LogP contribution is 2.04. The molecule has 0 bridgehead atoms. The highest BCUT2D eigenvalue weighted by atomic mass is 16.5. The average Bonchev–Trinajstić information content (AvgIpc) is 2.65. The second-order valence-corrected chi connectivity index (χ2v) is 2.61. The zero-order valence-corrected chi connectivity index (χ0v) is 7.84. The first-order valence-electron chi connectivity index (χ1n) is 4.14. The van der Waals surface area contributed by atoms with E-state index in [-0.39, 0.29) is 0 Å². The molecule has 74 valence electrons. The molecule has 0 aliphatic rings. The van der Waals surface area contributed by atoms with E-state index in [2.05, 4.69) is 4.74 Å². The van der Waals surface area contributed by atoms with Crippen LogP contribution in [0.15, 0.2) is 30.5 Å². The average molecular weight is 193 g/mol. The number of rotatable bonds is 3. The molecule has 1 aromatic rings. The molecule has 1 heterocycles. The lowest BCUT2D eigenvalue weighted by molar-refractivity contribution is -0.104. The maximum atomic E-state index is 11.2. The van der Waals surface area contributed by atoms with Crippen LogP contribution in [0.5, 0.6) is 0 Å². The minimum absolute atomic E-state index is 0.426. The predicted octanol–water partition coefficient (Wildman–Crippen LogP) is 1.40. The van der Waals surface area contributed by atoms with Gasteiger partial charge in [0.15, 0.2) is 0 Å². The van der Waals surface area contributed by atoms with E-state index in [0.717, 1.165) is 5.69 Å². The molecular weight excluding hydrogens is 182 g/mol. The molecule has 1 aromatic heterocycles. The predicted molar refractivity (Wildman–Crippen MR) is 51.1 cm³/mol. The number of nitrogens with zero attached hydrogens (tertiary/aromatic N) is 1. The summed E-state index contributed by atoms with van der Waals surface area (Å²) < 4.78 is 5.97. The first-order chi connectivity index (χ1) is 6.79. The molecule has 0 fully saturated rings. The molecule has 14 heavy (non-hydrogen) atoms. The molecule has 0 aliphatic carbocycles. The molecule has 0 unspecified atom stereocenters. The monoisotopic (exact) mass is 193 g/mol. The van der Waals surface area contributed by atoms with Gasteiger partial charge in [0.05, 0.1) is 7.11 Å². The molecule has 0 atom stereocenters. The minimum Gasteiger partial charge on any atom is -0.452 e. The van der Waals surface area contributed by atoms with Crippen LogP contribution in [0.2, 0.25) is 0 Å². The van der Waals surface area contributed by atoms with E-state index in [1.807, 2.05) is 0 Å². The SMILES string of the molecule is COC(=O)n1cccc1CC=CC=O. The van der Waals surface area contributed by atoms with Gasteiger partial charge in [-0.1, -0.05) is 6.08 Å². The number of carbonyl (C=O) groups excluding carboxylic acids is 2. The van der Waals surface area contributed by atoms with Gasteiger partial charge < -0.3 is 4.74 Å². The van der Waals surface area contributed by atoms with E-state index in [9.17, 15) is 9.59 Å². The highest BCUT2D eigenvalue weighted by Gasteiger charge is 2.06. The van der Waals surface area contributed by atoms with Gasteiger partial charge >= 0.3 is 6.09 Å². The Hall–Kier alpha value is -1.84. The Kier molecular flexibility index (Phi) is 3.67. The molecule has 0 aliphatic heterocycles. The first-order valence-corrected chi connectivity index (χ1v) is 4.14. The summed E-state index contributed by atoms with van der Waals surface area (Å²) in [5, 5.41) is 0. The molecule has 0 saturated carbocycles. The van der Waals surface area contributed by atoms with Gasteiger partial charge in [0.1, 0.15) is 6.29 Å². The zero-order chi connectivity index (χ0) is 10.4. The number of ether oxygens (including phenoxy) is 1. The highest BCUT2D eigenvalue weighted by molar-refractivity contribution is 5.71. The van der Waals surface area contributed by atoms with E-state index < -0.39 is 6.09 Å². The van der Waals surface area contributed by atoms with Gasteiger partial charge in [-0.2, -0.15) is 0 Å². The molecule has 4 nitrogen and oxygen atoms in total.